The fraction of sp³-hybridized carbons (Fsp3) is 0.714. The maximum Gasteiger partial charge on any atom is 0.195 e. The highest BCUT2D eigenvalue weighted by atomic mass is 35.5. The van der Waals surface area contributed by atoms with Crippen LogP contribution in [0.2, 0.25) is 0 Å². The lowest BCUT2D eigenvalue weighted by Crippen LogP contribution is -2.42. The Hall–Kier alpha value is -1.04. The van der Waals surface area contributed by atoms with Crippen LogP contribution in [0, 0.1) is 5.41 Å². The highest BCUT2D eigenvalue weighted by Gasteiger charge is 2.13. The first kappa shape index (κ1) is 15.4. The van der Waals surface area contributed by atoms with Gasteiger partial charge in [0, 0.05) is 0 Å². The number of hydrogen-bond donors (Lipinski definition) is 4. The topological polar surface area (TPSA) is 100 Å². The minimum Gasteiger partial charge on any atom is -0.370 e. The van der Waals surface area contributed by atoms with Gasteiger partial charge in [0.25, 0.3) is 0 Å². The van der Waals surface area contributed by atoms with Crippen molar-refractivity contribution in [3.8, 4) is 0 Å². The van der Waals surface area contributed by atoms with Crippen molar-refractivity contribution in [1.29, 1.82) is 5.41 Å². The lowest BCUT2D eigenvalue weighted by atomic mass is 10.1. The third-order valence-corrected chi connectivity index (χ3v) is 1.52. The number of aliphatic imine (C=N–C) groups is 1. The predicted octanol–water partition coefficient (Wildman–Crippen LogP) is 0.343. The van der Waals surface area contributed by atoms with Gasteiger partial charge in [0.2, 0.25) is 0 Å². The lowest BCUT2D eigenvalue weighted by Gasteiger charge is -2.12. The third-order valence-electron chi connectivity index (χ3n) is 1.52. The van der Waals surface area contributed by atoms with Gasteiger partial charge >= 0.3 is 0 Å². The number of guanidine groups is 2. The Morgan fingerprint density at radius 1 is 1.57 bits per heavy atom. The number of nitrogens with one attached hydrogen (secondary N) is 2. The highest BCUT2D eigenvalue weighted by molar-refractivity contribution is 5.95. The van der Waals surface area contributed by atoms with Crippen LogP contribution in [0.3, 0.4) is 0 Å². The van der Waals surface area contributed by atoms with Gasteiger partial charge in [-0.05, 0) is 13.3 Å². The molecule has 0 aromatic heterocycles. The zero-order valence-electron chi connectivity index (χ0n) is 8.25. The molecule has 0 aromatic rings. The van der Waals surface area contributed by atoms with E-state index in [0.717, 1.165) is 0 Å². The van der Waals surface area contributed by atoms with Gasteiger partial charge in [0.15, 0.2) is 11.9 Å². The van der Waals surface area contributed by atoms with E-state index in [0.29, 0.717) is 6.42 Å². The van der Waals surface area contributed by atoms with Crippen LogP contribution in [-0.2, 0) is 0 Å². The summed E-state index contributed by atoms with van der Waals surface area (Å²) in [7, 11) is 0. The predicted molar refractivity (Wildman–Crippen MR) is 58.6 cm³/mol. The second kappa shape index (κ2) is 7.37. The van der Waals surface area contributed by atoms with Crippen LogP contribution in [0.15, 0.2) is 4.99 Å². The zero-order chi connectivity index (χ0) is 10.4. The minimum atomic E-state index is -1.06. The Balaban J connectivity index is 0. The van der Waals surface area contributed by atoms with E-state index in [1.807, 2.05) is 6.92 Å². The van der Waals surface area contributed by atoms with E-state index in [-0.39, 0.29) is 24.3 Å². The summed E-state index contributed by atoms with van der Waals surface area (Å²) in [5, 5.41) is 9.13. The number of hydrogen-bond acceptors (Lipinski definition) is 2. The molecule has 0 aliphatic heterocycles. The largest absolute Gasteiger partial charge is 0.370 e. The van der Waals surface area contributed by atoms with Gasteiger partial charge in [-0.2, -0.15) is 0 Å². The molecule has 0 bridgehead atoms. The third kappa shape index (κ3) is 6.47. The molecule has 7 heteroatoms. The summed E-state index contributed by atoms with van der Waals surface area (Å²) in [6.07, 6.45) is -0.505. The summed E-state index contributed by atoms with van der Waals surface area (Å²) in [5.74, 6) is -0.327. The van der Waals surface area contributed by atoms with Crippen LogP contribution in [0.25, 0.3) is 0 Å². The maximum atomic E-state index is 12.8. The van der Waals surface area contributed by atoms with Gasteiger partial charge in [0.05, 0.1) is 6.04 Å². The quantitative estimate of drug-likeness (QED) is 0.412. The number of halogens is 2. The molecule has 5 nitrogen and oxygen atoms in total. The van der Waals surface area contributed by atoms with Crippen molar-refractivity contribution in [2.24, 2.45) is 16.5 Å². The van der Waals surface area contributed by atoms with Crippen LogP contribution < -0.4 is 16.8 Å². The van der Waals surface area contributed by atoms with Gasteiger partial charge in [-0.25, -0.2) is 9.38 Å². The second-order valence-electron chi connectivity index (χ2n) is 2.71. The van der Waals surface area contributed by atoms with Gasteiger partial charge in [-0.3, -0.25) is 10.7 Å². The molecule has 0 radical (unpaired) electrons. The van der Waals surface area contributed by atoms with E-state index in [9.17, 15) is 4.39 Å². The van der Waals surface area contributed by atoms with E-state index in [4.69, 9.17) is 16.9 Å². The van der Waals surface area contributed by atoms with Crippen molar-refractivity contribution >= 4 is 24.3 Å². The first-order valence-corrected chi connectivity index (χ1v) is 4.05. The smallest absolute Gasteiger partial charge is 0.195 e. The molecule has 0 rings (SSSR count). The fourth-order valence-electron chi connectivity index (χ4n) is 0.868. The average Bonchev–Trinajstić information content (AvgIpc) is 1.98. The molecule has 0 aromatic carbocycles. The van der Waals surface area contributed by atoms with Crippen molar-refractivity contribution in [2.45, 2.75) is 32.5 Å². The van der Waals surface area contributed by atoms with Gasteiger partial charge in [-0.15, -0.1) is 12.4 Å². The van der Waals surface area contributed by atoms with E-state index in [2.05, 4.69) is 10.3 Å². The SMILES string of the molecule is CCC(N=C(N)NC(=N)N)C(C)F.Cl. The molecule has 0 heterocycles. The van der Waals surface area contributed by atoms with Gasteiger partial charge < -0.3 is 11.5 Å². The Morgan fingerprint density at radius 2 is 2.07 bits per heavy atom. The fourth-order valence-corrected chi connectivity index (χ4v) is 0.868. The molecule has 14 heavy (non-hydrogen) atoms. The first-order chi connectivity index (χ1) is 5.97. The van der Waals surface area contributed by atoms with Crippen LogP contribution >= 0.6 is 12.4 Å². The maximum absolute atomic E-state index is 12.8. The van der Waals surface area contributed by atoms with Crippen molar-refractivity contribution in [1.82, 2.24) is 5.32 Å². The highest BCUT2D eigenvalue weighted by Crippen LogP contribution is 2.06. The summed E-state index contributed by atoms with van der Waals surface area (Å²) in [6, 6.07) is -0.480. The molecule has 0 saturated carbocycles. The van der Waals surface area contributed by atoms with Gasteiger partial charge in [0.1, 0.15) is 6.17 Å². The first-order valence-electron chi connectivity index (χ1n) is 4.05. The van der Waals surface area contributed by atoms with Crippen molar-refractivity contribution in [3.63, 3.8) is 0 Å². The number of rotatable bonds is 3. The molecule has 0 fully saturated rings. The van der Waals surface area contributed by atoms with Crippen molar-refractivity contribution in [3.05, 3.63) is 0 Å². The molecule has 84 valence electrons. The molecule has 6 N–H and O–H groups in total. The van der Waals surface area contributed by atoms with E-state index in [1.165, 1.54) is 6.92 Å². The Kier molecular flexibility index (Phi) is 8.13. The Labute approximate surface area is 89.1 Å². The zero-order valence-corrected chi connectivity index (χ0v) is 9.07. The van der Waals surface area contributed by atoms with E-state index >= 15 is 0 Å². The molecule has 2 unspecified atom stereocenters. The van der Waals surface area contributed by atoms with Crippen molar-refractivity contribution in [2.75, 3.05) is 0 Å². The normalized spacial score (nSPS) is 15.2. The Bertz CT molecular complexity index is 206. The summed E-state index contributed by atoms with van der Waals surface area (Å²) in [5.41, 5.74) is 10.3. The van der Waals surface area contributed by atoms with Crippen LogP contribution in [-0.4, -0.2) is 24.1 Å². The second-order valence-corrected chi connectivity index (χ2v) is 2.71. The molecule has 0 saturated heterocycles. The van der Waals surface area contributed by atoms with E-state index < -0.39 is 12.2 Å². The number of nitrogens with two attached hydrogens (primary N) is 2. The molecule has 0 spiro atoms. The lowest BCUT2D eigenvalue weighted by molar-refractivity contribution is 0.301. The summed E-state index contributed by atoms with van der Waals surface area (Å²) in [6.45, 7) is 3.23. The van der Waals surface area contributed by atoms with Crippen LogP contribution in [0.5, 0.6) is 0 Å². The molecule has 2 atom stereocenters. The molecular formula is C7H17ClFN5. The molecule has 0 aliphatic carbocycles. The summed E-state index contributed by atoms with van der Waals surface area (Å²) < 4.78 is 12.8. The molecular weight excluding hydrogens is 209 g/mol. The summed E-state index contributed by atoms with van der Waals surface area (Å²) in [4.78, 5) is 3.82. The number of alkyl halides is 1. The van der Waals surface area contributed by atoms with E-state index in [1.54, 1.807) is 0 Å². The molecule has 0 amide bonds. The summed E-state index contributed by atoms with van der Waals surface area (Å²) >= 11 is 0. The van der Waals surface area contributed by atoms with Crippen LogP contribution in [0.4, 0.5) is 4.39 Å². The van der Waals surface area contributed by atoms with Crippen molar-refractivity contribution < 1.29 is 4.39 Å². The molecule has 0 aliphatic rings. The standard InChI is InChI=1S/C7H16FN5.ClH/c1-3-5(4(2)8)12-7(11)13-6(9)10;/h4-5H,3H2,1-2H3,(H6,9,10,11,12,13);1H. The van der Waals surface area contributed by atoms with Crippen LogP contribution in [0.1, 0.15) is 20.3 Å². The Morgan fingerprint density at radius 3 is 2.36 bits per heavy atom. The van der Waals surface area contributed by atoms with Gasteiger partial charge in [-0.1, -0.05) is 6.92 Å². The monoisotopic (exact) mass is 225 g/mol. The number of nitrogens with zero attached hydrogens (tertiary/aromatic N) is 1. The minimum absolute atomic E-state index is 0. The average molecular weight is 226 g/mol.